The number of aliphatic hydroxyl groups is 1. The van der Waals surface area contributed by atoms with Gasteiger partial charge in [0.2, 0.25) is 0 Å². The van der Waals surface area contributed by atoms with Gasteiger partial charge < -0.3 is 9.84 Å². The van der Waals surface area contributed by atoms with E-state index in [9.17, 15) is 8.78 Å². The zero-order valence-corrected chi connectivity index (χ0v) is 6.96. The van der Waals surface area contributed by atoms with Gasteiger partial charge in [-0.05, 0) is 12.1 Å². The SMILES string of the molecule is OCCCOc1c(F)cccc1F. The van der Waals surface area contributed by atoms with E-state index in [1.54, 1.807) is 0 Å². The van der Waals surface area contributed by atoms with Crippen LogP contribution in [0.1, 0.15) is 6.42 Å². The highest BCUT2D eigenvalue weighted by Crippen LogP contribution is 2.20. The van der Waals surface area contributed by atoms with Crippen LogP contribution in [0.4, 0.5) is 8.78 Å². The monoisotopic (exact) mass is 188 g/mol. The molecular formula is C9H10F2O2. The number of halogens is 2. The Labute approximate surface area is 74.8 Å². The first-order chi connectivity index (χ1) is 6.25. The molecule has 0 heterocycles. The van der Waals surface area contributed by atoms with Gasteiger partial charge in [-0.25, -0.2) is 8.78 Å². The van der Waals surface area contributed by atoms with Crippen molar-refractivity contribution in [3.8, 4) is 5.75 Å². The predicted molar refractivity (Wildman–Crippen MR) is 43.6 cm³/mol. The molecule has 4 heteroatoms. The van der Waals surface area contributed by atoms with Crippen LogP contribution < -0.4 is 4.74 Å². The Morgan fingerprint density at radius 3 is 2.38 bits per heavy atom. The first-order valence-corrected chi connectivity index (χ1v) is 3.93. The molecule has 0 fully saturated rings. The summed E-state index contributed by atoms with van der Waals surface area (Å²) in [6.07, 6.45) is 0.355. The predicted octanol–water partition coefficient (Wildman–Crippen LogP) is 1.73. The smallest absolute Gasteiger partial charge is 0.190 e. The van der Waals surface area contributed by atoms with Crippen molar-refractivity contribution in [2.24, 2.45) is 0 Å². The van der Waals surface area contributed by atoms with Crippen molar-refractivity contribution >= 4 is 0 Å². The van der Waals surface area contributed by atoms with Gasteiger partial charge in [0, 0.05) is 13.0 Å². The molecule has 1 rings (SSSR count). The topological polar surface area (TPSA) is 29.5 Å². The Morgan fingerprint density at radius 2 is 1.85 bits per heavy atom. The molecule has 13 heavy (non-hydrogen) atoms. The molecule has 1 aromatic carbocycles. The molecule has 0 saturated heterocycles. The molecule has 0 saturated carbocycles. The maximum atomic E-state index is 12.9. The molecule has 0 amide bonds. The van der Waals surface area contributed by atoms with Crippen molar-refractivity contribution in [2.45, 2.75) is 6.42 Å². The van der Waals surface area contributed by atoms with E-state index >= 15 is 0 Å². The lowest BCUT2D eigenvalue weighted by Gasteiger charge is -2.06. The van der Waals surface area contributed by atoms with Crippen LogP contribution in [-0.4, -0.2) is 18.3 Å². The summed E-state index contributed by atoms with van der Waals surface area (Å²) in [5, 5.41) is 8.42. The van der Waals surface area contributed by atoms with Gasteiger partial charge in [0.05, 0.1) is 6.61 Å². The zero-order chi connectivity index (χ0) is 9.68. The summed E-state index contributed by atoms with van der Waals surface area (Å²) >= 11 is 0. The average Bonchev–Trinajstić information content (AvgIpc) is 2.10. The molecule has 0 spiro atoms. The van der Waals surface area contributed by atoms with Crippen LogP contribution in [-0.2, 0) is 0 Å². The molecule has 0 atom stereocenters. The van der Waals surface area contributed by atoms with E-state index in [1.807, 2.05) is 0 Å². The van der Waals surface area contributed by atoms with Crippen LogP contribution in [0.15, 0.2) is 18.2 Å². The lowest BCUT2D eigenvalue weighted by atomic mass is 10.3. The zero-order valence-electron chi connectivity index (χ0n) is 6.96. The Morgan fingerprint density at radius 1 is 1.23 bits per heavy atom. The Bertz CT molecular complexity index is 256. The van der Waals surface area contributed by atoms with Gasteiger partial charge in [0.15, 0.2) is 17.4 Å². The van der Waals surface area contributed by atoms with E-state index in [2.05, 4.69) is 0 Å². The third-order valence-electron chi connectivity index (χ3n) is 1.47. The molecular weight excluding hydrogens is 178 g/mol. The van der Waals surface area contributed by atoms with Crippen molar-refractivity contribution in [3.63, 3.8) is 0 Å². The fourth-order valence-electron chi connectivity index (χ4n) is 0.859. The second-order valence-corrected chi connectivity index (χ2v) is 2.48. The van der Waals surface area contributed by atoms with Gasteiger partial charge in [-0.1, -0.05) is 6.07 Å². The van der Waals surface area contributed by atoms with Gasteiger partial charge in [0.1, 0.15) is 0 Å². The standard InChI is InChI=1S/C9H10F2O2/c10-7-3-1-4-8(11)9(7)13-6-2-5-12/h1,3-4,12H,2,5-6H2. The molecule has 72 valence electrons. The molecule has 1 N–H and O–H groups in total. The number of hydrogen-bond donors (Lipinski definition) is 1. The maximum absolute atomic E-state index is 12.9. The van der Waals surface area contributed by atoms with Crippen molar-refractivity contribution in [3.05, 3.63) is 29.8 Å². The molecule has 0 radical (unpaired) electrons. The first kappa shape index (κ1) is 9.92. The third-order valence-corrected chi connectivity index (χ3v) is 1.47. The van der Waals surface area contributed by atoms with Gasteiger partial charge in [-0.2, -0.15) is 0 Å². The van der Waals surface area contributed by atoms with Gasteiger partial charge in [-0.15, -0.1) is 0 Å². The van der Waals surface area contributed by atoms with Crippen LogP contribution in [0.3, 0.4) is 0 Å². The van der Waals surface area contributed by atoms with E-state index in [0.29, 0.717) is 6.42 Å². The molecule has 2 nitrogen and oxygen atoms in total. The number of ether oxygens (including phenoxy) is 1. The minimum atomic E-state index is -0.724. The fourth-order valence-corrected chi connectivity index (χ4v) is 0.859. The van der Waals surface area contributed by atoms with Crippen LogP contribution in [0.25, 0.3) is 0 Å². The molecule has 0 aliphatic carbocycles. The van der Waals surface area contributed by atoms with Crippen molar-refractivity contribution in [1.82, 2.24) is 0 Å². The van der Waals surface area contributed by atoms with E-state index in [4.69, 9.17) is 9.84 Å². The highest BCUT2D eigenvalue weighted by atomic mass is 19.1. The average molecular weight is 188 g/mol. The Kier molecular flexibility index (Phi) is 3.64. The molecule has 1 aromatic rings. The van der Waals surface area contributed by atoms with Crippen LogP contribution in [0, 0.1) is 11.6 Å². The fraction of sp³-hybridized carbons (Fsp3) is 0.333. The Balaban J connectivity index is 2.64. The van der Waals surface area contributed by atoms with E-state index in [-0.39, 0.29) is 19.0 Å². The van der Waals surface area contributed by atoms with Crippen LogP contribution >= 0.6 is 0 Å². The van der Waals surface area contributed by atoms with E-state index in [1.165, 1.54) is 6.07 Å². The van der Waals surface area contributed by atoms with Gasteiger partial charge in [0.25, 0.3) is 0 Å². The number of benzene rings is 1. The lowest BCUT2D eigenvalue weighted by molar-refractivity contribution is 0.222. The van der Waals surface area contributed by atoms with E-state index in [0.717, 1.165) is 12.1 Å². The number of rotatable bonds is 4. The lowest BCUT2D eigenvalue weighted by Crippen LogP contribution is -2.02. The summed E-state index contributed by atoms with van der Waals surface area (Å²) in [6.45, 7) is 0.0461. The summed E-state index contributed by atoms with van der Waals surface area (Å²) in [6, 6.07) is 3.51. The summed E-state index contributed by atoms with van der Waals surface area (Å²) in [5.74, 6) is -1.83. The first-order valence-electron chi connectivity index (χ1n) is 3.93. The van der Waals surface area contributed by atoms with Crippen LogP contribution in [0.2, 0.25) is 0 Å². The highest BCUT2D eigenvalue weighted by Gasteiger charge is 2.08. The van der Waals surface area contributed by atoms with Crippen molar-refractivity contribution in [1.29, 1.82) is 0 Å². The second-order valence-electron chi connectivity index (χ2n) is 2.48. The molecule has 0 aromatic heterocycles. The number of hydrogen-bond acceptors (Lipinski definition) is 2. The third kappa shape index (κ3) is 2.66. The molecule has 0 unspecified atom stereocenters. The normalized spacial score (nSPS) is 10.1. The molecule has 0 aliphatic heterocycles. The van der Waals surface area contributed by atoms with Crippen LogP contribution in [0.5, 0.6) is 5.75 Å². The minimum Gasteiger partial charge on any atom is -0.488 e. The highest BCUT2D eigenvalue weighted by molar-refractivity contribution is 5.25. The quantitative estimate of drug-likeness (QED) is 0.729. The maximum Gasteiger partial charge on any atom is 0.190 e. The summed E-state index contributed by atoms with van der Waals surface area (Å²) in [5.41, 5.74) is 0. The molecule has 0 aliphatic rings. The summed E-state index contributed by atoms with van der Waals surface area (Å²) < 4.78 is 30.5. The van der Waals surface area contributed by atoms with Crippen molar-refractivity contribution < 1.29 is 18.6 Å². The van der Waals surface area contributed by atoms with Gasteiger partial charge >= 0.3 is 0 Å². The second kappa shape index (κ2) is 4.77. The van der Waals surface area contributed by atoms with E-state index < -0.39 is 11.6 Å². The number of aliphatic hydroxyl groups excluding tert-OH is 1. The largest absolute Gasteiger partial charge is 0.488 e. The van der Waals surface area contributed by atoms with Crippen molar-refractivity contribution in [2.75, 3.05) is 13.2 Å². The molecule has 0 bridgehead atoms. The minimum absolute atomic E-state index is 0.0595. The number of para-hydroxylation sites is 1. The summed E-state index contributed by atoms with van der Waals surface area (Å²) in [7, 11) is 0. The Hall–Kier alpha value is -1.16. The van der Waals surface area contributed by atoms with Gasteiger partial charge in [-0.3, -0.25) is 0 Å². The summed E-state index contributed by atoms with van der Waals surface area (Å²) in [4.78, 5) is 0.